The molecule has 0 amide bonds. The highest BCUT2D eigenvalue weighted by molar-refractivity contribution is 14.0. The number of aliphatic imine (C=N–C) groups is 1. The molecule has 0 aliphatic heterocycles. The number of hydrogen-bond donors (Lipinski definition) is 2. The predicted molar refractivity (Wildman–Crippen MR) is 131 cm³/mol. The van der Waals surface area contributed by atoms with Gasteiger partial charge in [-0.05, 0) is 32.4 Å². The Hall–Kier alpha value is -1.81. The topological polar surface area (TPSA) is 71.7 Å². The van der Waals surface area contributed by atoms with Crippen molar-refractivity contribution in [3.8, 4) is 5.75 Å². The molecular formula is C21H29IN4O2S. The molecule has 8 heteroatoms. The minimum Gasteiger partial charge on any atom is -0.490 e. The number of para-hydroxylation sites is 1. The Morgan fingerprint density at radius 1 is 1.34 bits per heavy atom. The summed E-state index contributed by atoms with van der Waals surface area (Å²) in [4.78, 5) is 10.1. The number of nitrogens with zero attached hydrogens (tertiary/aromatic N) is 2. The van der Waals surface area contributed by atoms with E-state index in [9.17, 15) is 0 Å². The highest BCUT2D eigenvalue weighted by Gasteiger charge is 2.15. The minimum atomic E-state index is -0.0281. The zero-order valence-corrected chi connectivity index (χ0v) is 20.5. The fourth-order valence-corrected chi connectivity index (χ4v) is 3.79. The van der Waals surface area contributed by atoms with Crippen LogP contribution >= 0.6 is 35.3 Å². The standard InChI is InChI=1S/C21H28N4O2S.HI/c1-5-16-13-24-19(28-16)10-11-23-21(22-4)25-14(3)18-12-15-8-7-9-17(26-6-2)20(15)27-18;/h7-9,12-14H,5-6,10-11H2,1-4H3,(H2,22,23,25);1H. The largest absolute Gasteiger partial charge is 0.490 e. The number of aromatic nitrogens is 1. The van der Waals surface area contributed by atoms with Crippen molar-refractivity contribution >= 4 is 52.2 Å². The molecule has 0 saturated carbocycles. The SMILES string of the molecule is CCOc1cccc2cc(C(C)NC(=NC)NCCc3ncc(CC)s3)oc12.I. The van der Waals surface area contributed by atoms with Crippen LogP contribution in [0.15, 0.2) is 39.9 Å². The van der Waals surface area contributed by atoms with E-state index in [-0.39, 0.29) is 30.0 Å². The van der Waals surface area contributed by atoms with Crippen molar-refractivity contribution in [3.63, 3.8) is 0 Å². The molecule has 0 bridgehead atoms. The fourth-order valence-electron chi connectivity index (χ4n) is 2.92. The van der Waals surface area contributed by atoms with Gasteiger partial charge in [0.1, 0.15) is 5.76 Å². The van der Waals surface area contributed by atoms with Crippen molar-refractivity contribution in [1.82, 2.24) is 15.6 Å². The van der Waals surface area contributed by atoms with Gasteiger partial charge in [0, 0.05) is 36.5 Å². The molecule has 0 aliphatic rings. The van der Waals surface area contributed by atoms with Crippen molar-refractivity contribution in [1.29, 1.82) is 0 Å². The molecule has 2 N–H and O–H groups in total. The second-order valence-electron chi connectivity index (χ2n) is 6.45. The average molecular weight is 528 g/mol. The summed E-state index contributed by atoms with van der Waals surface area (Å²) in [6.07, 6.45) is 3.88. The molecule has 3 aromatic rings. The Kier molecular flexibility index (Phi) is 9.22. The van der Waals surface area contributed by atoms with Crippen LogP contribution < -0.4 is 15.4 Å². The van der Waals surface area contributed by atoms with Gasteiger partial charge in [-0.3, -0.25) is 4.99 Å². The van der Waals surface area contributed by atoms with Gasteiger partial charge in [0.2, 0.25) is 0 Å². The quantitative estimate of drug-likeness (QED) is 0.246. The Labute approximate surface area is 193 Å². The van der Waals surface area contributed by atoms with Crippen LogP contribution in [0.2, 0.25) is 0 Å². The molecule has 0 radical (unpaired) electrons. The first-order valence-corrected chi connectivity index (χ1v) is 10.5. The molecule has 0 spiro atoms. The van der Waals surface area contributed by atoms with Gasteiger partial charge in [-0.25, -0.2) is 4.98 Å². The van der Waals surface area contributed by atoms with E-state index in [1.807, 2.05) is 37.4 Å². The second-order valence-corrected chi connectivity index (χ2v) is 7.64. The molecule has 29 heavy (non-hydrogen) atoms. The highest BCUT2D eigenvalue weighted by Crippen LogP contribution is 2.31. The lowest BCUT2D eigenvalue weighted by atomic mass is 10.2. The van der Waals surface area contributed by atoms with Crippen molar-refractivity contribution in [2.45, 2.75) is 39.7 Å². The zero-order chi connectivity index (χ0) is 19.9. The Morgan fingerprint density at radius 3 is 2.86 bits per heavy atom. The minimum absolute atomic E-state index is 0. The number of nitrogens with one attached hydrogen (secondary N) is 2. The van der Waals surface area contributed by atoms with E-state index in [1.165, 1.54) is 4.88 Å². The normalized spacial score (nSPS) is 12.5. The Morgan fingerprint density at radius 2 is 2.17 bits per heavy atom. The second kappa shape index (κ2) is 11.4. The van der Waals surface area contributed by atoms with E-state index in [4.69, 9.17) is 9.15 Å². The lowest BCUT2D eigenvalue weighted by Crippen LogP contribution is -2.39. The van der Waals surface area contributed by atoms with E-state index in [1.54, 1.807) is 18.4 Å². The highest BCUT2D eigenvalue weighted by atomic mass is 127. The van der Waals surface area contributed by atoms with Crippen LogP contribution in [0.4, 0.5) is 0 Å². The van der Waals surface area contributed by atoms with Gasteiger partial charge in [-0.2, -0.15) is 0 Å². The van der Waals surface area contributed by atoms with Crippen LogP contribution in [0.5, 0.6) is 5.75 Å². The lowest BCUT2D eigenvalue weighted by molar-refractivity contribution is 0.336. The van der Waals surface area contributed by atoms with Crippen molar-refractivity contribution in [3.05, 3.63) is 46.1 Å². The number of halogens is 1. The molecule has 6 nitrogen and oxygen atoms in total. The van der Waals surface area contributed by atoms with E-state index < -0.39 is 0 Å². The first-order valence-electron chi connectivity index (χ1n) is 9.70. The third-order valence-corrected chi connectivity index (χ3v) is 5.61. The molecule has 0 fully saturated rings. The molecule has 0 saturated heterocycles. The van der Waals surface area contributed by atoms with Gasteiger partial charge in [0.05, 0.1) is 17.7 Å². The van der Waals surface area contributed by atoms with Gasteiger partial charge < -0.3 is 19.8 Å². The maximum Gasteiger partial charge on any atom is 0.191 e. The number of aryl methyl sites for hydroxylation is 1. The molecule has 2 heterocycles. The van der Waals surface area contributed by atoms with E-state index in [0.29, 0.717) is 6.61 Å². The van der Waals surface area contributed by atoms with Gasteiger partial charge >= 0.3 is 0 Å². The number of fused-ring (bicyclic) bond motifs is 1. The third kappa shape index (κ3) is 6.08. The lowest BCUT2D eigenvalue weighted by Gasteiger charge is -2.16. The maximum absolute atomic E-state index is 6.07. The Balaban J connectivity index is 0.00000300. The molecule has 158 valence electrons. The molecule has 1 atom stereocenters. The molecule has 1 aromatic carbocycles. The van der Waals surface area contributed by atoms with Crippen molar-refractivity contribution in [2.75, 3.05) is 20.2 Å². The summed E-state index contributed by atoms with van der Waals surface area (Å²) in [6, 6.07) is 7.96. The van der Waals surface area contributed by atoms with E-state index >= 15 is 0 Å². The molecular weight excluding hydrogens is 499 g/mol. The number of furan rings is 1. The van der Waals surface area contributed by atoms with Crippen LogP contribution in [-0.2, 0) is 12.8 Å². The van der Waals surface area contributed by atoms with Crippen LogP contribution in [0.25, 0.3) is 11.0 Å². The molecule has 0 aliphatic carbocycles. The summed E-state index contributed by atoms with van der Waals surface area (Å²) in [5.41, 5.74) is 0.784. The average Bonchev–Trinajstić information content (AvgIpc) is 3.34. The molecule has 1 unspecified atom stereocenters. The van der Waals surface area contributed by atoms with Gasteiger partial charge in [-0.1, -0.05) is 19.1 Å². The van der Waals surface area contributed by atoms with Crippen molar-refractivity contribution < 1.29 is 9.15 Å². The predicted octanol–water partition coefficient (Wildman–Crippen LogP) is 4.94. The first-order chi connectivity index (χ1) is 13.6. The smallest absolute Gasteiger partial charge is 0.191 e. The Bertz CT molecular complexity index is 938. The number of hydrogen-bond acceptors (Lipinski definition) is 5. The van der Waals surface area contributed by atoms with E-state index in [0.717, 1.165) is 52.8 Å². The van der Waals surface area contributed by atoms with Gasteiger partial charge in [0.15, 0.2) is 17.3 Å². The number of guanidine groups is 1. The molecule has 2 aromatic heterocycles. The monoisotopic (exact) mass is 528 g/mol. The summed E-state index contributed by atoms with van der Waals surface area (Å²) < 4.78 is 11.7. The van der Waals surface area contributed by atoms with Crippen LogP contribution in [0.3, 0.4) is 0 Å². The van der Waals surface area contributed by atoms with Crippen molar-refractivity contribution in [2.24, 2.45) is 4.99 Å². The van der Waals surface area contributed by atoms with Gasteiger partial charge in [-0.15, -0.1) is 35.3 Å². The third-order valence-electron chi connectivity index (χ3n) is 4.41. The van der Waals surface area contributed by atoms with Crippen LogP contribution in [0, 0.1) is 0 Å². The zero-order valence-electron chi connectivity index (χ0n) is 17.3. The maximum atomic E-state index is 6.07. The number of ether oxygens (including phenoxy) is 1. The summed E-state index contributed by atoms with van der Waals surface area (Å²) >= 11 is 1.77. The van der Waals surface area contributed by atoms with E-state index in [2.05, 4.69) is 34.5 Å². The first kappa shape index (κ1) is 23.5. The number of thiazole rings is 1. The summed E-state index contributed by atoms with van der Waals surface area (Å²) in [5.74, 6) is 2.36. The molecule has 3 rings (SSSR count). The van der Waals surface area contributed by atoms with Gasteiger partial charge in [0.25, 0.3) is 0 Å². The van der Waals surface area contributed by atoms with Crippen LogP contribution in [-0.4, -0.2) is 31.1 Å². The summed E-state index contributed by atoms with van der Waals surface area (Å²) in [7, 11) is 1.77. The summed E-state index contributed by atoms with van der Waals surface area (Å²) in [5, 5.41) is 8.92. The summed E-state index contributed by atoms with van der Waals surface area (Å²) in [6.45, 7) is 7.56. The number of rotatable bonds is 8. The number of benzene rings is 1. The van der Waals surface area contributed by atoms with Crippen LogP contribution in [0.1, 0.15) is 42.5 Å². The fraction of sp³-hybridized carbons (Fsp3) is 0.429.